The standard InChI is InChI=1S/C28H19FN2OS/c29-24-17-15-23(16-18-24)27(32)31-28-30-25(21-9-5-2-6-10-21)26(33-28)22-13-11-20(12-14-22)19-7-3-1-4-8-19/h1-18H,(H,30,31,32). The van der Waals surface area contributed by atoms with Gasteiger partial charge >= 0.3 is 0 Å². The van der Waals surface area contributed by atoms with Gasteiger partial charge in [0.2, 0.25) is 0 Å². The molecule has 5 heteroatoms. The number of halogens is 1. The van der Waals surface area contributed by atoms with E-state index in [9.17, 15) is 9.18 Å². The number of carbonyl (C=O) groups excluding carboxylic acids is 1. The number of thiazole rings is 1. The monoisotopic (exact) mass is 450 g/mol. The molecule has 1 amide bonds. The Labute approximate surface area is 195 Å². The van der Waals surface area contributed by atoms with Crippen molar-refractivity contribution in [3.63, 3.8) is 0 Å². The summed E-state index contributed by atoms with van der Waals surface area (Å²) in [7, 11) is 0. The van der Waals surface area contributed by atoms with Crippen molar-refractivity contribution in [2.75, 3.05) is 5.32 Å². The SMILES string of the molecule is O=C(Nc1nc(-c2ccccc2)c(-c2ccc(-c3ccccc3)cc2)s1)c1ccc(F)cc1. The molecule has 0 unspecified atom stereocenters. The zero-order chi connectivity index (χ0) is 22.6. The number of rotatable bonds is 5. The highest BCUT2D eigenvalue weighted by Gasteiger charge is 2.17. The van der Waals surface area contributed by atoms with E-state index in [2.05, 4.69) is 41.7 Å². The third kappa shape index (κ3) is 4.59. The first-order valence-corrected chi connectivity index (χ1v) is 11.3. The summed E-state index contributed by atoms with van der Waals surface area (Å²) < 4.78 is 13.2. The van der Waals surface area contributed by atoms with Gasteiger partial charge in [-0.1, -0.05) is 96.3 Å². The van der Waals surface area contributed by atoms with Gasteiger partial charge in [0.05, 0.1) is 10.6 Å². The van der Waals surface area contributed by atoms with Gasteiger partial charge < -0.3 is 0 Å². The molecule has 4 aromatic carbocycles. The molecule has 0 aliphatic heterocycles. The molecule has 0 saturated carbocycles. The molecular weight excluding hydrogens is 431 g/mol. The van der Waals surface area contributed by atoms with E-state index in [0.29, 0.717) is 10.7 Å². The highest BCUT2D eigenvalue weighted by molar-refractivity contribution is 7.19. The second kappa shape index (κ2) is 9.18. The average Bonchev–Trinajstić information content (AvgIpc) is 3.29. The van der Waals surface area contributed by atoms with Crippen LogP contribution in [0.3, 0.4) is 0 Å². The van der Waals surface area contributed by atoms with Crippen LogP contribution in [0.25, 0.3) is 32.8 Å². The second-order valence-corrected chi connectivity index (χ2v) is 8.47. The van der Waals surface area contributed by atoms with Gasteiger partial charge in [0.1, 0.15) is 5.82 Å². The van der Waals surface area contributed by atoms with Crippen LogP contribution >= 0.6 is 11.3 Å². The molecule has 5 rings (SSSR count). The summed E-state index contributed by atoms with van der Waals surface area (Å²) >= 11 is 1.42. The Balaban J connectivity index is 1.50. The van der Waals surface area contributed by atoms with Crippen LogP contribution in [-0.2, 0) is 0 Å². The molecule has 1 heterocycles. The largest absolute Gasteiger partial charge is 0.298 e. The topological polar surface area (TPSA) is 42.0 Å². The van der Waals surface area contributed by atoms with Gasteiger partial charge in [-0.2, -0.15) is 0 Å². The molecule has 1 N–H and O–H groups in total. The molecule has 0 radical (unpaired) electrons. The smallest absolute Gasteiger partial charge is 0.257 e. The molecule has 0 atom stereocenters. The quantitative estimate of drug-likeness (QED) is 0.301. The van der Waals surface area contributed by atoms with E-state index < -0.39 is 0 Å². The molecule has 160 valence electrons. The molecule has 33 heavy (non-hydrogen) atoms. The summed E-state index contributed by atoms with van der Waals surface area (Å²) in [6.45, 7) is 0. The molecule has 0 bridgehead atoms. The lowest BCUT2D eigenvalue weighted by Crippen LogP contribution is -2.11. The van der Waals surface area contributed by atoms with Crippen LogP contribution in [0, 0.1) is 5.82 Å². The van der Waals surface area contributed by atoms with E-state index in [0.717, 1.165) is 32.8 Å². The average molecular weight is 451 g/mol. The molecule has 0 aliphatic rings. The fourth-order valence-corrected chi connectivity index (χ4v) is 4.56. The highest BCUT2D eigenvalue weighted by atomic mass is 32.1. The van der Waals surface area contributed by atoms with E-state index in [1.807, 2.05) is 48.5 Å². The molecule has 3 nitrogen and oxygen atoms in total. The van der Waals surface area contributed by atoms with Crippen molar-refractivity contribution in [2.45, 2.75) is 0 Å². The van der Waals surface area contributed by atoms with Gasteiger partial charge in [-0.3, -0.25) is 10.1 Å². The van der Waals surface area contributed by atoms with Crippen LogP contribution in [0.1, 0.15) is 10.4 Å². The van der Waals surface area contributed by atoms with E-state index in [-0.39, 0.29) is 11.7 Å². The third-order valence-corrected chi connectivity index (χ3v) is 6.28. The Morgan fingerprint density at radius 3 is 1.85 bits per heavy atom. The minimum Gasteiger partial charge on any atom is -0.298 e. The summed E-state index contributed by atoms with van der Waals surface area (Å²) in [5, 5.41) is 3.35. The highest BCUT2D eigenvalue weighted by Crippen LogP contribution is 2.39. The number of carbonyl (C=O) groups is 1. The number of nitrogens with one attached hydrogen (secondary N) is 1. The van der Waals surface area contributed by atoms with Crippen molar-refractivity contribution in [1.29, 1.82) is 0 Å². The van der Waals surface area contributed by atoms with Crippen molar-refractivity contribution >= 4 is 22.4 Å². The maximum atomic E-state index is 13.2. The second-order valence-electron chi connectivity index (χ2n) is 7.47. The van der Waals surface area contributed by atoms with E-state index >= 15 is 0 Å². The lowest BCUT2D eigenvalue weighted by atomic mass is 10.0. The van der Waals surface area contributed by atoms with Crippen LogP contribution in [0.2, 0.25) is 0 Å². The Morgan fingerprint density at radius 2 is 1.21 bits per heavy atom. The number of aromatic nitrogens is 1. The fourth-order valence-electron chi connectivity index (χ4n) is 3.58. The normalized spacial score (nSPS) is 10.7. The molecule has 0 saturated heterocycles. The first kappa shape index (κ1) is 20.8. The van der Waals surface area contributed by atoms with Gasteiger partial charge in [0, 0.05) is 11.1 Å². The molecule has 0 spiro atoms. The Hall–Kier alpha value is -4.09. The van der Waals surface area contributed by atoms with Crippen molar-refractivity contribution in [2.24, 2.45) is 0 Å². The van der Waals surface area contributed by atoms with Crippen LogP contribution in [0.4, 0.5) is 9.52 Å². The molecule has 0 aliphatic carbocycles. The van der Waals surface area contributed by atoms with Crippen LogP contribution in [0.15, 0.2) is 109 Å². The summed E-state index contributed by atoms with van der Waals surface area (Å²) in [6, 6.07) is 33.9. The van der Waals surface area contributed by atoms with Gasteiger partial charge in [-0.15, -0.1) is 0 Å². The lowest BCUT2D eigenvalue weighted by molar-refractivity contribution is 0.102. The van der Waals surface area contributed by atoms with Crippen LogP contribution in [-0.4, -0.2) is 10.9 Å². The zero-order valence-corrected chi connectivity index (χ0v) is 18.4. The number of hydrogen-bond donors (Lipinski definition) is 1. The number of benzene rings is 4. The van der Waals surface area contributed by atoms with Gasteiger partial charge in [0.15, 0.2) is 5.13 Å². The predicted molar refractivity (Wildman–Crippen MR) is 133 cm³/mol. The first-order valence-electron chi connectivity index (χ1n) is 10.5. The number of hydrogen-bond acceptors (Lipinski definition) is 3. The number of anilines is 1. The predicted octanol–water partition coefficient (Wildman–Crippen LogP) is 7.54. The van der Waals surface area contributed by atoms with Gasteiger partial charge in [-0.05, 0) is 41.0 Å². The minimum absolute atomic E-state index is 0.325. The molecule has 1 aromatic heterocycles. The van der Waals surface area contributed by atoms with Crippen LogP contribution in [0.5, 0.6) is 0 Å². The van der Waals surface area contributed by atoms with E-state index in [1.165, 1.54) is 35.6 Å². The van der Waals surface area contributed by atoms with Crippen molar-refractivity contribution in [1.82, 2.24) is 4.98 Å². The fraction of sp³-hybridized carbons (Fsp3) is 0. The molecular formula is C28H19FN2OS. The Morgan fingerprint density at radius 1 is 0.667 bits per heavy atom. The van der Waals surface area contributed by atoms with Crippen molar-refractivity contribution < 1.29 is 9.18 Å². The van der Waals surface area contributed by atoms with Crippen molar-refractivity contribution in [3.8, 4) is 32.8 Å². The van der Waals surface area contributed by atoms with Gasteiger partial charge in [0.25, 0.3) is 5.91 Å². The summed E-state index contributed by atoms with van der Waals surface area (Å²) in [5.41, 5.74) is 5.47. The third-order valence-electron chi connectivity index (χ3n) is 5.26. The lowest BCUT2D eigenvalue weighted by Gasteiger charge is -2.05. The summed E-state index contributed by atoms with van der Waals surface area (Å²) in [4.78, 5) is 18.4. The zero-order valence-electron chi connectivity index (χ0n) is 17.5. The summed E-state index contributed by atoms with van der Waals surface area (Å²) in [6.07, 6.45) is 0. The summed E-state index contributed by atoms with van der Waals surface area (Å²) in [5.74, 6) is -0.706. The number of amides is 1. The van der Waals surface area contributed by atoms with Gasteiger partial charge in [-0.25, -0.2) is 9.37 Å². The van der Waals surface area contributed by atoms with Crippen LogP contribution < -0.4 is 5.32 Å². The molecule has 5 aromatic rings. The maximum absolute atomic E-state index is 13.2. The Bertz CT molecular complexity index is 1380. The van der Waals surface area contributed by atoms with E-state index in [1.54, 1.807) is 0 Å². The minimum atomic E-state index is -0.381. The van der Waals surface area contributed by atoms with Crippen molar-refractivity contribution in [3.05, 3.63) is 121 Å². The first-order chi connectivity index (χ1) is 16.2. The van der Waals surface area contributed by atoms with E-state index in [4.69, 9.17) is 4.98 Å². The Kier molecular flexibility index (Phi) is 5.79. The number of nitrogens with zero attached hydrogens (tertiary/aromatic N) is 1. The maximum Gasteiger partial charge on any atom is 0.257 e. The molecule has 0 fully saturated rings.